The summed E-state index contributed by atoms with van der Waals surface area (Å²) in [5.41, 5.74) is 7.70. The molecule has 166 valence electrons. The molecule has 1 atom stereocenters. The molecule has 2 N–H and O–H groups in total. The van der Waals surface area contributed by atoms with E-state index in [4.69, 9.17) is 23.7 Å². The Labute approximate surface area is 204 Å². The number of carbonyl (C=O) groups excluding carboxylic acids is 1. The Morgan fingerprint density at radius 2 is 1.94 bits per heavy atom. The maximum absolute atomic E-state index is 13.2. The quantitative estimate of drug-likeness (QED) is 0.452. The number of allylic oxidation sites excluding steroid dienone is 1. The van der Waals surface area contributed by atoms with Crippen molar-refractivity contribution in [3.05, 3.63) is 97.6 Å². The number of rotatable bonds is 3. The van der Waals surface area contributed by atoms with Crippen LogP contribution in [-0.2, 0) is 4.74 Å². The van der Waals surface area contributed by atoms with Crippen LogP contribution in [0.2, 0.25) is 0 Å². The lowest BCUT2D eigenvalue weighted by Crippen LogP contribution is -2.41. The number of halogens is 2. The van der Waals surface area contributed by atoms with E-state index in [1.54, 1.807) is 47.4 Å². The van der Waals surface area contributed by atoms with E-state index in [0.717, 1.165) is 0 Å². The average Bonchev–Trinajstić information content (AvgIpc) is 3.55. The van der Waals surface area contributed by atoms with Crippen molar-refractivity contribution in [2.75, 3.05) is 13.1 Å². The Balaban J connectivity index is 1.66. The molecule has 0 saturated heterocycles. The Morgan fingerprint density at radius 3 is 2.58 bits per heavy atom. The molecule has 5 heterocycles. The fourth-order valence-corrected chi connectivity index (χ4v) is 4.60. The monoisotopic (exact) mass is 571 g/mol. The summed E-state index contributed by atoms with van der Waals surface area (Å²) in [6, 6.07) is 12.5. The number of nitriles is 1. The third kappa shape index (κ3) is 3.94. The molecule has 33 heavy (non-hydrogen) atoms. The van der Waals surface area contributed by atoms with Crippen LogP contribution in [0.25, 0.3) is 6.08 Å². The van der Waals surface area contributed by atoms with Crippen LogP contribution < -0.4 is 5.73 Å². The van der Waals surface area contributed by atoms with Crippen molar-refractivity contribution in [1.82, 2.24) is 4.90 Å². The van der Waals surface area contributed by atoms with E-state index in [1.807, 2.05) is 0 Å². The lowest BCUT2D eigenvalue weighted by atomic mass is 9.83. The number of hydrogen-bond donors (Lipinski definition) is 1. The number of ether oxygens (including phenoxy) is 1. The van der Waals surface area contributed by atoms with Crippen molar-refractivity contribution in [3.63, 3.8) is 0 Å². The minimum absolute atomic E-state index is 0.00823. The van der Waals surface area contributed by atoms with Gasteiger partial charge in [0, 0.05) is 17.7 Å². The summed E-state index contributed by atoms with van der Waals surface area (Å²) in [6.07, 6.45) is 3.23. The molecule has 0 aliphatic carbocycles. The lowest BCUT2D eigenvalue weighted by molar-refractivity contribution is 0.0735. The highest BCUT2D eigenvalue weighted by atomic mass is 79.9. The molecule has 0 bridgehead atoms. The standard InChI is InChI=1S/C23H15Br2N3O5/c24-18-5-3-13(31-18)8-12-10-28(23(29)17-2-1-7-30-17)11-15-20(16-4-6-19(25)32-16)14(9-26)22(27)33-21(12)15/h1-8,20H,10-11,27H2/b12-8+. The molecule has 0 saturated carbocycles. The van der Waals surface area contributed by atoms with Gasteiger partial charge in [0.15, 0.2) is 15.1 Å². The van der Waals surface area contributed by atoms with Crippen LogP contribution in [-0.4, -0.2) is 23.9 Å². The normalized spacial score (nSPS) is 19.5. The van der Waals surface area contributed by atoms with Gasteiger partial charge < -0.3 is 28.6 Å². The smallest absolute Gasteiger partial charge is 0.290 e. The van der Waals surface area contributed by atoms with Gasteiger partial charge in [0.05, 0.1) is 18.7 Å². The van der Waals surface area contributed by atoms with Crippen molar-refractivity contribution >= 4 is 43.8 Å². The molecule has 2 aliphatic rings. The van der Waals surface area contributed by atoms with Crippen LogP contribution in [0.15, 0.2) is 93.6 Å². The molecule has 10 heteroatoms. The number of nitrogens with zero attached hydrogens (tertiary/aromatic N) is 2. The molecule has 3 aromatic heterocycles. The van der Waals surface area contributed by atoms with Crippen LogP contribution in [0.5, 0.6) is 0 Å². The molecular weight excluding hydrogens is 558 g/mol. The predicted octanol–water partition coefficient (Wildman–Crippen LogP) is 5.29. The summed E-state index contributed by atoms with van der Waals surface area (Å²) in [5.74, 6) is 0.840. The van der Waals surface area contributed by atoms with Gasteiger partial charge in [0.25, 0.3) is 5.91 Å². The fourth-order valence-electron chi connectivity index (χ4n) is 3.96. The molecule has 0 radical (unpaired) electrons. The summed E-state index contributed by atoms with van der Waals surface area (Å²) < 4.78 is 23.8. The third-order valence-corrected chi connectivity index (χ3v) is 6.20. The van der Waals surface area contributed by atoms with Gasteiger partial charge in [-0.05, 0) is 74.3 Å². The van der Waals surface area contributed by atoms with Crippen molar-refractivity contribution < 1.29 is 22.8 Å². The molecule has 0 spiro atoms. The number of carbonyl (C=O) groups is 1. The highest BCUT2D eigenvalue weighted by Crippen LogP contribution is 2.44. The molecular formula is C23H15Br2N3O5. The van der Waals surface area contributed by atoms with Crippen molar-refractivity contribution in [2.24, 2.45) is 5.73 Å². The molecule has 8 nitrogen and oxygen atoms in total. The minimum atomic E-state index is -0.621. The second kappa shape index (κ2) is 8.50. The maximum atomic E-state index is 13.2. The average molecular weight is 573 g/mol. The summed E-state index contributed by atoms with van der Waals surface area (Å²) in [7, 11) is 0. The van der Waals surface area contributed by atoms with Crippen molar-refractivity contribution in [3.8, 4) is 6.07 Å². The Morgan fingerprint density at radius 1 is 1.15 bits per heavy atom. The van der Waals surface area contributed by atoms with E-state index in [9.17, 15) is 10.1 Å². The predicted molar refractivity (Wildman–Crippen MR) is 123 cm³/mol. The Hall–Kier alpha value is -3.42. The van der Waals surface area contributed by atoms with Gasteiger partial charge in [-0.2, -0.15) is 5.26 Å². The van der Waals surface area contributed by atoms with Crippen LogP contribution in [0, 0.1) is 11.3 Å². The summed E-state index contributed by atoms with van der Waals surface area (Å²) in [4.78, 5) is 14.8. The zero-order valence-corrected chi connectivity index (χ0v) is 20.1. The van der Waals surface area contributed by atoms with Crippen molar-refractivity contribution in [2.45, 2.75) is 5.92 Å². The van der Waals surface area contributed by atoms with Gasteiger partial charge in [0.1, 0.15) is 28.9 Å². The zero-order valence-electron chi connectivity index (χ0n) is 16.9. The van der Waals surface area contributed by atoms with E-state index in [-0.39, 0.29) is 36.2 Å². The van der Waals surface area contributed by atoms with Gasteiger partial charge in [-0.25, -0.2) is 0 Å². The van der Waals surface area contributed by atoms with Crippen molar-refractivity contribution in [1.29, 1.82) is 5.26 Å². The maximum Gasteiger partial charge on any atom is 0.290 e. The molecule has 1 amide bonds. The van der Waals surface area contributed by atoms with E-state index in [0.29, 0.717) is 37.8 Å². The molecule has 0 fully saturated rings. The van der Waals surface area contributed by atoms with Gasteiger partial charge in [-0.3, -0.25) is 4.79 Å². The van der Waals surface area contributed by atoms with E-state index < -0.39 is 5.92 Å². The molecule has 0 aromatic carbocycles. The van der Waals surface area contributed by atoms with Gasteiger partial charge in [-0.15, -0.1) is 0 Å². The first-order chi connectivity index (χ1) is 15.9. The van der Waals surface area contributed by atoms with E-state index in [2.05, 4.69) is 37.9 Å². The summed E-state index contributed by atoms with van der Waals surface area (Å²) >= 11 is 6.61. The van der Waals surface area contributed by atoms with Crippen LogP contribution in [0.3, 0.4) is 0 Å². The third-order valence-electron chi connectivity index (χ3n) is 5.35. The van der Waals surface area contributed by atoms with Gasteiger partial charge >= 0.3 is 0 Å². The first-order valence-electron chi connectivity index (χ1n) is 9.79. The summed E-state index contributed by atoms with van der Waals surface area (Å²) in [6.45, 7) is 0.413. The molecule has 2 aliphatic heterocycles. The molecule has 1 unspecified atom stereocenters. The fraction of sp³-hybridized carbons (Fsp3) is 0.130. The second-order valence-corrected chi connectivity index (χ2v) is 8.93. The topological polar surface area (TPSA) is 119 Å². The lowest BCUT2D eigenvalue weighted by Gasteiger charge is -2.37. The first kappa shape index (κ1) is 21.4. The molecule has 5 rings (SSSR count). The first-order valence-corrected chi connectivity index (χ1v) is 11.4. The highest BCUT2D eigenvalue weighted by molar-refractivity contribution is 9.10. The van der Waals surface area contributed by atoms with E-state index in [1.165, 1.54) is 6.26 Å². The number of nitrogens with two attached hydrogens (primary N) is 1. The minimum Gasteiger partial charge on any atom is -0.459 e. The zero-order chi connectivity index (χ0) is 23.1. The molecule has 3 aromatic rings. The van der Waals surface area contributed by atoms with Gasteiger partial charge in [0.2, 0.25) is 5.88 Å². The van der Waals surface area contributed by atoms with Crippen LogP contribution >= 0.6 is 31.9 Å². The Bertz CT molecular complexity index is 1370. The van der Waals surface area contributed by atoms with Gasteiger partial charge in [-0.1, -0.05) is 0 Å². The number of hydrogen-bond acceptors (Lipinski definition) is 7. The second-order valence-electron chi connectivity index (χ2n) is 7.37. The van der Waals surface area contributed by atoms with Crippen LogP contribution in [0.1, 0.15) is 28.0 Å². The number of furan rings is 3. The SMILES string of the molecule is N#CC1=C(N)OC2=C(CN(C(=O)c3ccco3)C/C2=C\c2ccc(Br)o2)C1c1ccc(Br)o1. The van der Waals surface area contributed by atoms with E-state index >= 15 is 0 Å². The summed E-state index contributed by atoms with van der Waals surface area (Å²) in [5, 5.41) is 9.85. The highest BCUT2D eigenvalue weighted by Gasteiger charge is 2.41. The number of amides is 1. The Kier molecular flexibility index (Phi) is 5.52. The van der Waals surface area contributed by atoms with Crippen LogP contribution in [0.4, 0.5) is 0 Å². The largest absolute Gasteiger partial charge is 0.459 e.